The summed E-state index contributed by atoms with van der Waals surface area (Å²) in [6, 6.07) is 0. The van der Waals surface area contributed by atoms with E-state index < -0.39 is 0 Å². The first-order valence-corrected chi connectivity index (χ1v) is 5.76. The maximum absolute atomic E-state index is 9.16. The quantitative estimate of drug-likeness (QED) is 0.634. The zero-order chi connectivity index (χ0) is 12.3. The molecule has 1 unspecified atom stereocenters. The number of rotatable bonds is 3. The van der Waals surface area contributed by atoms with E-state index in [2.05, 4.69) is 19.9 Å². The van der Waals surface area contributed by atoms with Gasteiger partial charge in [0.2, 0.25) is 11.9 Å². The van der Waals surface area contributed by atoms with Gasteiger partial charge in [-0.05, 0) is 25.3 Å². The average molecular weight is 238 g/mol. The van der Waals surface area contributed by atoms with Crippen molar-refractivity contribution in [3.63, 3.8) is 0 Å². The Morgan fingerprint density at radius 3 is 2.59 bits per heavy atom. The normalized spacial score (nSPS) is 21.6. The largest absolute Gasteiger partial charge is 0.396 e. The first-order chi connectivity index (χ1) is 8.17. The predicted molar refractivity (Wildman–Crippen MR) is 63.7 cm³/mol. The van der Waals surface area contributed by atoms with E-state index in [-0.39, 0.29) is 18.5 Å². The average Bonchev–Trinajstić information content (AvgIpc) is 2.28. The molecule has 7 heteroatoms. The Morgan fingerprint density at radius 2 is 1.94 bits per heavy atom. The first-order valence-electron chi connectivity index (χ1n) is 5.76. The number of piperidine rings is 1. The highest BCUT2D eigenvalue weighted by Crippen LogP contribution is 2.17. The molecule has 0 amide bonds. The van der Waals surface area contributed by atoms with Crippen LogP contribution in [0.4, 0.5) is 11.9 Å². The second-order valence-electron chi connectivity index (χ2n) is 4.39. The van der Waals surface area contributed by atoms with Crippen LogP contribution in [-0.4, -0.2) is 44.7 Å². The van der Waals surface area contributed by atoms with E-state index in [0.29, 0.717) is 18.3 Å². The molecule has 94 valence electrons. The van der Waals surface area contributed by atoms with Crippen LogP contribution in [0.25, 0.3) is 0 Å². The Balaban J connectivity index is 2.00. The lowest BCUT2D eigenvalue weighted by Crippen LogP contribution is -2.36. The predicted octanol–water partition coefficient (Wildman–Crippen LogP) is -0.760. The highest BCUT2D eigenvalue weighted by Gasteiger charge is 2.20. The van der Waals surface area contributed by atoms with Crippen LogP contribution < -0.4 is 11.5 Å². The smallest absolute Gasteiger partial charge is 0.225 e. The molecular formula is C10H18N6O. The van der Waals surface area contributed by atoms with Crippen LogP contribution in [0.3, 0.4) is 0 Å². The van der Waals surface area contributed by atoms with Gasteiger partial charge in [0.1, 0.15) is 5.82 Å². The minimum atomic E-state index is 0.156. The van der Waals surface area contributed by atoms with Gasteiger partial charge in [-0.2, -0.15) is 15.0 Å². The maximum atomic E-state index is 9.16. The fourth-order valence-corrected chi connectivity index (χ4v) is 2.17. The van der Waals surface area contributed by atoms with Crippen molar-refractivity contribution < 1.29 is 5.11 Å². The molecule has 1 aromatic heterocycles. The summed E-state index contributed by atoms with van der Waals surface area (Å²) in [5, 5.41) is 9.16. The molecular weight excluding hydrogens is 220 g/mol. The van der Waals surface area contributed by atoms with Crippen LogP contribution in [0.15, 0.2) is 0 Å². The SMILES string of the molecule is Nc1nc(N)nc(CN2CCCC(CO)C2)n1. The van der Waals surface area contributed by atoms with Gasteiger partial charge in [-0.1, -0.05) is 0 Å². The molecule has 1 atom stereocenters. The molecule has 1 saturated heterocycles. The number of aromatic nitrogens is 3. The molecule has 17 heavy (non-hydrogen) atoms. The van der Waals surface area contributed by atoms with Gasteiger partial charge in [-0.3, -0.25) is 4.90 Å². The van der Waals surface area contributed by atoms with Gasteiger partial charge < -0.3 is 16.6 Å². The Morgan fingerprint density at radius 1 is 1.24 bits per heavy atom. The number of hydrogen-bond acceptors (Lipinski definition) is 7. The van der Waals surface area contributed by atoms with Gasteiger partial charge >= 0.3 is 0 Å². The van der Waals surface area contributed by atoms with Gasteiger partial charge in [-0.15, -0.1) is 0 Å². The Kier molecular flexibility index (Phi) is 3.70. The molecule has 5 N–H and O–H groups in total. The van der Waals surface area contributed by atoms with Crippen molar-refractivity contribution in [2.45, 2.75) is 19.4 Å². The van der Waals surface area contributed by atoms with Crippen LogP contribution in [0, 0.1) is 5.92 Å². The number of hydrogen-bond donors (Lipinski definition) is 3. The molecule has 0 saturated carbocycles. The Bertz CT molecular complexity index is 365. The van der Waals surface area contributed by atoms with E-state index in [9.17, 15) is 0 Å². The highest BCUT2D eigenvalue weighted by molar-refractivity contribution is 5.25. The summed E-state index contributed by atoms with van der Waals surface area (Å²) in [6.45, 7) is 2.69. The number of likely N-dealkylation sites (tertiary alicyclic amines) is 1. The minimum absolute atomic E-state index is 0.156. The second kappa shape index (κ2) is 5.24. The molecule has 1 fully saturated rings. The molecule has 7 nitrogen and oxygen atoms in total. The molecule has 0 spiro atoms. The summed E-state index contributed by atoms with van der Waals surface area (Å²) >= 11 is 0. The monoisotopic (exact) mass is 238 g/mol. The van der Waals surface area contributed by atoms with Crippen molar-refractivity contribution >= 4 is 11.9 Å². The third kappa shape index (κ3) is 3.24. The molecule has 0 bridgehead atoms. The minimum Gasteiger partial charge on any atom is -0.396 e. The van der Waals surface area contributed by atoms with Crippen LogP contribution >= 0.6 is 0 Å². The summed E-state index contributed by atoms with van der Waals surface area (Å²) in [6.07, 6.45) is 2.16. The molecule has 0 radical (unpaired) electrons. The third-order valence-corrected chi connectivity index (χ3v) is 2.94. The van der Waals surface area contributed by atoms with Gasteiger partial charge in [0.15, 0.2) is 0 Å². The lowest BCUT2D eigenvalue weighted by molar-refractivity contribution is 0.114. The van der Waals surface area contributed by atoms with Crippen molar-refractivity contribution in [2.24, 2.45) is 5.92 Å². The zero-order valence-electron chi connectivity index (χ0n) is 9.71. The summed E-state index contributed by atoms with van der Waals surface area (Å²) in [7, 11) is 0. The number of aliphatic hydroxyl groups is 1. The van der Waals surface area contributed by atoms with E-state index in [1.165, 1.54) is 0 Å². The van der Waals surface area contributed by atoms with Crippen molar-refractivity contribution in [3.8, 4) is 0 Å². The van der Waals surface area contributed by atoms with E-state index in [1.807, 2.05) is 0 Å². The number of nitrogens with zero attached hydrogens (tertiary/aromatic N) is 4. The molecule has 2 heterocycles. The standard InChI is InChI=1S/C10H18N6O/c11-9-13-8(14-10(12)15-9)5-16-3-1-2-7(4-16)6-17/h7,17H,1-6H2,(H4,11,12,13,14,15). The van der Waals surface area contributed by atoms with Crippen molar-refractivity contribution in [1.29, 1.82) is 0 Å². The number of anilines is 2. The lowest BCUT2D eigenvalue weighted by Gasteiger charge is -2.31. The Labute approximate surface area is 99.9 Å². The van der Waals surface area contributed by atoms with E-state index in [4.69, 9.17) is 16.6 Å². The van der Waals surface area contributed by atoms with Crippen molar-refractivity contribution in [1.82, 2.24) is 19.9 Å². The maximum Gasteiger partial charge on any atom is 0.225 e. The van der Waals surface area contributed by atoms with E-state index in [0.717, 1.165) is 25.9 Å². The van der Waals surface area contributed by atoms with Crippen LogP contribution in [0.5, 0.6) is 0 Å². The molecule has 0 aromatic carbocycles. The topological polar surface area (TPSA) is 114 Å². The number of nitrogens with two attached hydrogens (primary N) is 2. The summed E-state index contributed by atoms with van der Waals surface area (Å²) in [5.74, 6) is 1.25. The summed E-state index contributed by atoms with van der Waals surface area (Å²) < 4.78 is 0. The van der Waals surface area contributed by atoms with Gasteiger partial charge in [0, 0.05) is 13.2 Å². The fraction of sp³-hybridized carbons (Fsp3) is 0.700. The molecule has 1 aliphatic rings. The summed E-state index contributed by atoms with van der Waals surface area (Å²) in [4.78, 5) is 14.0. The number of aliphatic hydroxyl groups excluding tert-OH is 1. The lowest BCUT2D eigenvalue weighted by atomic mass is 9.99. The van der Waals surface area contributed by atoms with Gasteiger partial charge in [-0.25, -0.2) is 0 Å². The van der Waals surface area contributed by atoms with Crippen LogP contribution in [-0.2, 0) is 6.54 Å². The van der Waals surface area contributed by atoms with Crippen molar-refractivity contribution in [3.05, 3.63) is 5.82 Å². The number of nitrogen functional groups attached to an aromatic ring is 2. The summed E-state index contributed by atoms with van der Waals surface area (Å²) in [5.41, 5.74) is 11.0. The van der Waals surface area contributed by atoms with E-state index in [1.54, 1.807) is 0 Å². The molecule has 2 rings (SSSR count). The molecule has 1 aliphatic heterocycles. The third-order valence-electron chi connectivity index (χ3n) is 2.94. The zero-order valence-corrected chi connectivity index (χ0v) is 9.71. The van der Waals surface area contributed by atoms with Gasteiger partial charge in [0.05, 0.1) is 6.54 Å². The van der Waals surface area contributed by atoms with Gasteiger partial charge in [0.25, 0.3) is 0 Å². The van der Waals surface area contributed by atoms with Crippen LogP contribution in [0.2, 0.25) is 0 Å². The second-order valence-corrected chi connectivity index (χ2v) is 4.39. The molecule has 0 aliphatic carbocycles. The van der Waals surface area contributed by atoms with Crippen molar-refractivity contribution in [2.75, 3.05) is 31.2 Å². The molecule has 1 aromatic rings. The highest BCUT2D eigenvalue weighted by atomic mass is 16.3. The fourth-order valence-electron chi connectivity index (χ4n) is 2.17. The Hall–Kier alpha value is -1.47. The van der Waals surface area contributed by atoms with Crippen LogP contribution in [0.1, 0.15) is 18.7 Å². The van der Waals surface area contributed by atoms with E-state index >= 15 is 0 Å². The first kappa shape index (κ1) is 12.0.